The van der Waals surface area contributed by atoms with Crippen molar-refractivity contribution >= 4 is 0 Å². The molecular weight excluding hydrogens is 246 g/mol. The van der Waals surface area contributed by atoms with E-state index in [9.17, 15) is 0 Å². The number of benzene rings is 1. The number of nitrogens with one attached hydrogen (secondary N) is 1. The van der Waals surface area contributed by atoms with Gasteiger partial charge < -0.3 is 5.32 Å². The van der Waals surface area contributed by atoms with Crippen molar-refractivity contribution < 1.29 is 0 Å². The van der Waals surface area contributed by atoms with E-state index in [0.717, 1.165) is 25.6 Å². The third-order valence-corrected chi connectivity index (χ3v) is 4.63. The summed E-state index contributed by atoms with van der Waals surface area (Å²) in [6, 6.07) is 9.86. The van der Waals surface area contributed by atoms with E-state index in [0.29, 0.717) is 0 Å². The maximum Gasteiger partial charge on any atom is 0.0237 e. The number of hydrogen-bond acceptors (Lipinski definition) is 3. The molecule has 0 atom stereocenters. The van der Waals surface area contributed by atoms with Gasteiger partial charge in [-0.1, -0.05) is 24.3 Å². The Kier molecular flexibility index (Phi) is 4.71. The van der Waals surface area contributed by atoms with Gasteiger partial charge in [0.2, 0.25) is 0 Å². The number of likely N-dealkylation sites (N-methyl/N-ethyl adjacent to an activating group) is 1. The van der Waals surface area contributed by atoms with Crippen molar-refractivity contribution in [2.24, 2.45) is 0 Å². The molecule has 1 aliphatic carbocycles. The van der Waals surface area contributed by atoms with Gasteiger partial charge in [0.15, 0.2) is 0 Å². The van der Waals surface area contributed by atoms with Crippen molar-refractivity contribution in [3.8, 4) is 0 Å². The summed E-state index contributed by atoms with van der Waals surface area (Å²) in [5.41, 5.74) is 3.02. The van der Waals surface area contributed by atoms with Crippen molar-refractivity contribution in [3.63, 3.8) is 0 Å². The van der Waals surface area contributed by atoms with E-state index in [4.69, 9.17) is 0 Å². The van der Waals surface area contributed by atoms with Crippen LogP contribution in [0.1, 0.15) is 24.0 Å². The second-order valence-electron chi connectivity index (χ2n) is 6.17. The minimum absolute atomic E-state index is 0.931. The first-order valence-corrected chi connectivity index (χ1v) is 8.04. The van der Waals surface area contributed by atoms with E-state index in [1.807, 2.05) is 7.05 Å². The largest absolute Gasteiger partial charge is 0.319 e. The van der Waals surface area contributed by atoms with Crippen LogP contribution in [0.25, 0.3) is 0 Å². The lowest BCUT2D eigenvalue weighted by atomic mass is 10.0. The third kappa shape index (κ3) is 3.60. The van der Waals surface area contributed by atoms with Gasteiger partial charge in [-0.3, -0.25) is 9.80 Å². The Balaban J connectivity index is 1.54. The Morgan fingerprint density at radius 3 is 2.40 bits per heavy atom. The summed E-state index contributed by atoms with van der Waals surface area (Å²) >= 11 is 0. The molecule has 1 saturated heterocycles. The molecule has 3 nitrogen and oxygen atoms in total. The zero-order chi connectivity index (χ0) is 13.8. The lowest BCUT2D eigenvalue weighted by molar-refractivity contribution is 0.121. The highest BCUT2D eigenvalue weighted by Gasteiger charge is 2.31. The fourth-order valence-electron chi connectivity index (χ4n) is 3.18. The van der Waals surface area contributed by atoms with Crippen LogP contribution in [0.2, 0.25) is 0 Å². The maximum absolute atomic E-state index is 3.25. The molecule has 0 radical (unpaired) electrons. The molecule has 2 fully saturated rings. The zero-order valence-corrected chi connectivity index (χ0v) is 12.6. The highest BCUT2D eigenvalue weighted by Crippen LogP contribution is 2.27. The van der Waals surface area contributed by atoms with Crippen LogP contribution >= 0.6 is 0 Å². The quantitative estimate of drug-likeness (QED) is 0.851. The maximum atomic E-state index is 3.25. The lowest BCUT2D eigenvalue weighted by Gasteiger charge is -2.35. The van der Waals surface area contributed by atoms with Gasteiger partial charge in [0.25, 0.3) is 0 Å². The van der Waals surface area contributed by atoms with Crippen LogP contribution in [0.5, 0.6) is 0 Å². The van der Waals surface area contributed by atoms with Crippen molar-refractivity contribution in [3.05, 3.63) is 35.4 Å². The predicted octanol–water partition coefficient (Wildman–Crippen LogP) is 1.73. The van der Waals surface area contributed by atoms with Gasteiger partial charge in [0.05, 0.1) is 0 Å². The molecule has 20 heavy (non-hydrogen) atoms. The summed E-state index contributed by atoms with van der Waals surface area (Å²) in [6.45, 7) is 7.19. The van der Waals surface area contributed by atoms with Gasteiger partial charge in [-0.25, -0.2) is 0 Å². The summed E-state index contributed by atoms with van der Waals surface area (Å²) in [4.78, 5) is 5.31. The van der Waals surface area contributed by atoms with Crippen molar-refractivity contribution in [2.75, 3.05) is 39.8 Å². The Morgan fingerprint density at radius 2 is 1.75 bits per heavy atom. The first-order valence-electron chi connectivity index (χ1n) is 8.04. The molecule has 1 aliphatic heterocycles. The van der Waals surface area contributed by atoms with Gasteiger partial charge in [-0.05, 0) is 44.0 Å². The van der Waals surface area contributed by atoms with Crippen LogP contribution < -0.4 is 5.32 Å². The molecule has 1 heterocycles. The van der Waals surface area contributed by atoms with Crippen molar-refractivity contribution in [2.45, 2.75) is 31.8 Å². The molecule has 1 saturated carbocycles. The van der Waals surface area contributed by atoms with Gasteiger partial charge in [0, 0.05) is 38.8 Å². The summed E-state index contributed by atoms with van der Waals surface area (Å²) in [5.74, 6) is 0. The van der Waals surface area contributed by atoms with E-state index in [1.165, 1.54) is 50.1 Å². The lowest BCUT2D eigenvalue weighted by Crippen LogP contribution is -2.46. The monoisotopic (exact) mass is 273 g/mol. The Hall–Kier alpha value is -0.900. The minimum atomic E-state index is 0.931. The van der Waals surface area contributed by atoms with Crippen LogP contribution in [-0.4, -0.2) is 55.6 Å². The number of nitrogens with zero attached hydrogens (tertiary/aromatic N) is 2. The number of piperazine rings is 1. The molecular formula is C17H27N3. The van der Waals surface area contributed by atoms with E-state index >= 15 is 0 Å². The highest BCUT2D eigenvalue weighted by atomic mass is 15.3. The van der Waals surface area contributed by atoms with Crippen molar-refractivity contribution in [1.29, 1.82) is 0 Å². The Labute approximate surface area is 123 Å². The molecule has 1 aromatic rings. The normalized spacial score (nSPS) is 21.2. The summed E-state index contributed by atoms with van der Waals surface area (Å²) in [7, 11) is 2.03. The summed E-state index contributed by atoms with van der Waals surface area (Å²) < 4.78 is 0. The average Bonchev–Trinajstić information content (AvgIpc) is 3.32. The number of hydrogen-bond donors (Lipinski definition) is 1. The standard InChI is InChI=1S/C17H27N3/c1-18-9-8-15-4-2-3-5-16(15)14-19-10-12-20(13-11-19)17-6-7-17/h2-5,17-18H,6-14H2,1H3. The van der Waals surface area contributed by atoms with Gasteiger partial charge in [0.1, 0.15) is 0 Å². The molecule has 0 spiro atoms. The molecule has 0 aromatic heterocycles. The Morgan fingerprint density at radius 1 is 1.05 bits per heavy atom. The number of rotatable bonds is 6. The molecule has 2 aliphatic rings. The average molecular weight is 273 g/mol. The van der Waals surface area contributed by atoms with Crippen LogP contribution in [0.3, 0.4) is 0 Å². The van der Waals surface area contributed by atoms with E-state index < -0.39 is 0 Å². The first kappa shape index (κ1) is 14.1. The smallest absolute Gasteiger partial charge is 0.0237 e. The fraction of sp³-hybridized carbons (Fsp3) is 0.647. The van der Waals surface area contributed by atoms with Gasteiger partial charge in [-0.15, -0.1) is 0 Å². The van der Waals surface area contributed by atoms with E-state index in [-0.39, 0.29) is 0 Å². The van der Waals surface area contributed by atoms with Crippen molar-refractivity contribution in [1.82, 2.24) is 15.1 Å². The minimum Gasteiger partial charge on any atom is -0.319 e. The molecule has 0 amide bonds. The van der Waals surface area contributed by atoms with E-state index in [2.05, 4.69) is 39.4 Å². The molecule has 110 valence electrons. The Bertz CT molecular complexity index is 420. The van der Waals surface area contributed by atoms with E-state index in [1.54, 1.807) is 0 Å². The summed E-state index contributed by atoms with van der Waals surface area (Å²) in [6.07, 6.45) is 4.01. The molecule has 0 unspecified atom stereocenters. The summed E-state index contributed by atoms with van der Waals surface area (Å²) in [5, 5.41) is 3.25. The van der Waals surface area contributed by atoms with Crippen LogP contribution in [-0.2, 0) is 13.0 Å². The highest BCUT2D eigenvalue weighted by molar-refractivity contribution is 5.27. The van der Waals surface area contributed by atoms with Gasteiger partial charge in [-0.2, -0.15) is 0 Å². The molecule has 1 N–H and O–H groups in total. The topological polar surface area (TPSA) is 18.5 Å². The third-order valence-electron chi connectivity index (χ3n) is 4.63. The first-order chi connectivity index (χ1) is 9.86. The second kappa shape index (κ2) is 6.70. The second-order valence-corrected chi connectivity index (χ2v) is 6.17. The SMILES string of the molecule is CNCCc1ccccc1CN1CCN(C2CC2)CC1. The molecule has 3 rings (SSSR count). The van der Waals surface area contributed by atoms with Crippen LogP contribution in [0.4, 0.5) is 0 Å². The zero-order valence-electron chi connectivity index (χ0n) is 12.6. The predicted molar refractivity (Wildman–Crippen MR) is 83.9 cm³/mol. The van der Waals surface area contributed by atoms with Crippen LogP contribution in [0.15, 0.2) is 24.3 Å². The molecule has 0 bridgehead atoms. The van der Waals surface area contributed by atoms with Gasteiger partial charge >= 0.3 is 0 Å². The van der Waals surface area contributed by atoms with Crippen LogP contribution in [0, 0.1) is 0 Å². The molecule has 3 heteroatoms. The molecule has 1 aromatic carbocycles. The fourth-order valence-corrected chi connectivity index (χ4v) is 3.18.